The third-order valence-electron chi connectivity index (χ3n) is 3.59. The number of hydrogen-bond donors (Lipinski definition) is 1. The van der Waals surface area contributed by atoms with Crippen molar-refractivity contribution in [1.82, 2.24) is 4.90 Å². The zero-order chi connectivity index (χ0) is 16.5. The Hall–Kier alpha value is -1.89. The predicted octanol–water partition coefficient (Wildman–Crippen LogP) is 3.27. The molecule has 1 aromatic rings. The molecule has 0 amide bonds. The van der Waals surface area contributed by atoms with Crippen molar-refractivity contribution in [2.45, 2.75) is 25.1 Å². The highest BCUT2D eigenvalue weighted by atomic mass is 32.1. The highest BCUT2D eigenvalue weighted by molar-refractivity contribution is 7.80. The van der Waals surface area contributed by atoms with Gasteiger partial charge in [0.1, 0.15) is 11.0 Å². The molecule has 1 N–H and O–H groups in total. The number of allylic oxidation sites excluding steroid dienone is 1. The van der Waals surface area contributed by atoms with Gasteiger partial charge in [-0.25, -0.2) is 4.79 Å². The second kappa shape index (κ2) is 6.08. The molecule has 0 radical (unpaired) electrons. The maximum atomic E-state index is 13.1. The molecule has 1 saturated heterocycles. The second-order valence-electron chi connectivity index (χ2n) is 5.00. The number of aliphatic carboxylic acids is 1. The number of alkyl halides is 3. The van der Waals surface area contributed by atoms with E-state index in [-0.39, 0.29) is 22.5 Å². The zero-order valence-electron chi connectivity index (χ0n) is 11.6. The van der Waals surface area contributed by atoms with Crippen molar-refractivity contribution in [3.8, 4) is 0 Å². The lowest BCUT2D eigenvalue weighted by atomic mass is 9.98. The Morgan fingerprint density at radius 1 is 1.50 bits per heavy atom. The molecule has 1 aliphatic heterocycles. The van der Waals surface area contributed by atoms with E-state index in [0.717, 1.165) is 6.07 Å². The Labute approximate surface area is 131 Å². The first-order valence-electron chi connectivity index (χ1n) is 6.60. The van der Waals surface area contributed by atoms with E-state index < -0.39 is 23.8 Å². The molecular weight excluding hydrogens is 315 g/mol. The highest BCUT2D eigenvalue weighted by Crippen LogP contribution is 2.34. The van der Waals surface area contributed by atoms with Gasteiger partial charge in [-0.05, 0) is 24.5 Å². The van der Waals surface area contributed by atoms with Crippen LogP contribution in [0.5, 0.6) is 0 Å². The van der Waals surface area contributed by atoms with Gasteiger partial charge in [0.05, 0.1) is 5.56 Å². The van der Waals surface area contributed by atoms with Crippen LogP contribution in [0.1, 0.15) is 23.1 Å². The Balaban J connectivity index is 2.34. The summed E-state index contributed by atoms with van der Waals surface area (Å²) in [5, 5.41) is 9.01. The first-order chi connectivity index (χ1) is 10.3. The SMILES string of the molecule is C=CCc1ccc(C(=S)N2CC[C@@H]2C(=O)O)cc1C(F)(F)F. The molecule has 118 valence electrons. The van der Waals surface area contributed by atoms with Gasteiger partial charge in [-0.3, -0.25) is 0 Å². The molecule has 7 heteroatoms. The summed E-state index contributed by atoms with van der Waals surface area (Å²) in [4.78, 5) is 12.6. The van der Waals surface area contributed by atoms with E-state index in [1.807, 2.05) is 0 Å². The minimum Gasteiger partial charge on any atom is -0.480 e. The molecule has 22 heavy (non-hydrogen) atoms. The van der Waals surface area contributed by atoms with Gasteiger partial charge < -0.3 is 10.0 Å². The van der Waals surface area contributed by atoms with E-state index in [1.165, 1.54) is 23.1 Å². The molecule has 0 spiro atoms. The number of nitrogens with zero attached hydrogens (tertiary/aromatic N) is 1. The number of hydrogen-bond acceptors (Lipinski definition) is 2. The molecular formula is C15H14F3NO2S. The van der Waals surface area contributed by atoms with Crippen LogP contribution in [0.3, 0.4) is 0 Å². The number of rotatable bonds is 4. The summed E-state index contributed by atoms with van der Waals surface area (Å²) in [6.45, 7) is 3.89. The van der Waals surface area contributed by atoms with Crippen LogP contribution in [-0.2, 0) is 17.4 Å². The van der Waals surface area contributed by atoms with Crippen molar-refractivity contribution in [2.75, 3.05) is 6.54 Å². The van der Waals surface area contributed by atoms with E-state index in [1.54, 1.807) is 0 Å². The fourth-order valence-electron chi connectivity index (χ4n) is 2.36. The summed E-state index contributed by atoms with van der Waals surface area (Å²) in [6, 6.07) is 3.09. The van der Waals surface area contributed by atoms with Gasteiger partial charge in [-0.15, -0.1) is 6.58 Å². The van der Waals surface area contributed by atoms with E-state index in [9.17, 15) is 18.0 Å². The van der Waals surface area contributed by atoms with Crippen LogP contribution in [0.2, 0.25) is 0 Å². The molecule has 2 rings (SSSR count). The number of carboxylic acid groups (broad SMARTS) is 1. The number of carbonyl (C=O) groups is 1. The van der Waals surface area contributed by atoms with Crippen LogP contribution in [-0.4, -0.2) is 33.6 Å². The topological polar surface area (TPSA) is 40.5 Å². The molecule has 1 heterocycles. The molecule has 0 bridgehead atoms. The predicted molar refractivity (Wildman–Crippen MR) is 79.8 cm³/mol. The summed E-state index contributed by atoms with van der Waals surface area (Å²) in [6.07, 6.45) is -2.55. The number of halogens is 3. The van der Waals surface area contributed by atoms with Crippen molar-refractivity contribution in [3.05, 3.63) is 47.5 Å². The van der Waals surface area contributed by atoms with Gasteiger partial charge in [0, 0.05) is 12.1 Å². The fraction of sp³-hybridized carbons (Fsp3) is 0.333. The van der Waals surface area contributed by atoms with Crippen LogP contribution >= 0.6 is 12.2 Å². The standard InChI is InChI=1S/C15H14F3NO2S/c1-2-3-9-4-5-10(8-11(9)15(16,17)18)13(22)19-7-6-12(19)14(20)21/h2,4-5,8,12H,1,3,6-7H2,(H,20,21)/t12-/m1/s1. The third-order valence-corrected chi connectivity index (χ3v) is 4.06. The Morgan fingerprint density at radius 2 is 2.18 bits per heavy atom. The van der Waals surface area contributed by atoms with Gasteiger partial charge in [0.15, 0.2) is 0 Å². The molecule has 0 saturated carbocycles. The largest absolute Gasteiger partial charge is 0.480 e. The van der Waals surface area contributed by atoms with Crippen LogP contribution in [0, 0.1) is 0 Å². The summed E-state index contributed by atoms with van der Waals surface area (Å²) in [5.74, 6) is -1.02. The van der Waals surface area contributed by atoms with Crippen molar-refractivity contribution >= 4 is 23.2 Å². The Bertz CT molecular complexity index is 628. The number of carboxylic acids is 1. The van der Waals surface area contributed by atoms with Gasteiger partial charge in [0.25, 0.3) is 0 Å². The minimum atomic E-state index is -4.49. The lowest BCUT2D eigenvalue weighted by molar-refractivity contribution is -0.145. The van der Waals surface area contributed by atoms with Crippen LogP contribution < -0.4 is 0 Å². The Morgan fingerprint density at radius 3 is 2.64 bits per heavy atom. The van der Waals surface area contributed by atoms with Gasteiger partial charge in [-0.1, -0.05) is 30.4 Å². The zero-order valence-corrected chi connectivity index (χ0v) is 12.4. The lowest BCUT2D eigenvalue weighted by Crippen LogP contribution is -2.54. The molecule has 0 unspecified atom stereocenters. The highest BCUT2D eigenvalue weighted by Gasteiger charge is 2.37. The van der Waals surface area contributed by atoms with Crippen molar-refractivity contribution in [2.24, 2.45) is 0 Å². The van der Waals surface area contributed by atoms with Crippen LogP contribution in [0.15, 0.2) is 30.9 Å². The lowest BCUT2D eigenvalue weighted by Gasteiger charge is -2.40. The fourth-order valence-corrected chi connectivity index (χ4v) is 2.71. The van der Waals surface area contributed by atoms with Crippen LogP contribution in [0.4, 0.5) is 13.2 Å². The van der Waals surface area contributed by atoms with Crippen LogP contribution in [0.25, 0.3) is 0 Å². The van der Waals surface area contributed by atoms with Crippen molar-refractivity contribution in [1.29, 1.82) is 0 Å². The first-order valence-corrected chi connectivity index (χ1v) is 7.01. The number of thiocarbonyl (C=S) groups is 1. The molecule has 0 aliphatic carbocycles. The van der Waals surface area contributed by atoms with Gasteiger partial charge in [0.2, 0.25) is 0 Å². The average Bonchev–Trinajstić information content (AvgIpc) is 2.36. The summed E-state index contributed by atoms with van der Waals surface area (Å²) in [7, 11) is 0. The van der Waals surface area contributed by atoms with E-state index in [4.69, 9.17) is 17.3 Å². The normalized spacial score (nSPS) is 17.8. The van der Waals surface area contributed by atoms with Gasteiger partial charge >= 0.3 is 12.1 Å². The Kier molecular flexibility index (Phi) is 4.55. The molecule has 1 fully saturated rings. The third kappa shape index (κ3) is 3.14. The molecule has 3 nitrogen and oxygen atoms in total. The van der Waals surface area contributed by atoms with E-state index >= 15 is 0 Å². The van der Waals surface area contributed by atoms with Gasteiger partial charge in [-0.2, -0.15) is 13.2 Å². The van der Waals surface area contributed by atoms with Crippen molar-refractivity contribution in [3.63, 3.8) is 0 Å². The molecule has 0 aromatic heterocycles. The summed E-state index contributed by atoms with van der Waals surface area (Å²) >= 11 is 5.16. The van der Waals surface area contributed by atoms with Crippen molar-refractivity contribution < 1.29 is 23.1 Å². The number of likely N-dealkylation sites (tertiary alicyclic amines) is 1. The maximum Gasteiger partial charge on any atom is 0.416 e. The molecule has 1 atom stereocenters. The minimum absolute atomic E-state index is 0.101. The summed E-state index contributed by atoms with van der Waals surface area (Å²) < 4.78 is 39.4. The first kappa shape index (κ1) is 16.5. The molecule has 1 aromatic carbocycles. The van der Waals surface area contributed by atoms with E-state index in [2.05, 4.69) is 6.58 Å². The quantitative estimate of drug-likeness (QED) is 0.680. The second-order valence-corrected chi connectivity index (χ2v) is 5.39. The van der Waals surface area contributed by atoms with E-state index in [0.29, 0.717) is 13.0 Å². The monoisotopic (exact) mass is 329 g/mol. The average molecular weight is 329 g/mol. The number of benzene rings is 1. The maximum absolute atomic E-state index is 13.1. The molecule has 1 aliphatic rings. The summed E-state index contributed by atoms with van der Waals surface area (Å²) in [5.41, 5.74) is -0.437. The smallest absolute Gasteiger partial charge is 0.416 e.